The lowest BCUT2D eigenvalue weighted by molar-refractivity contribution is 0.0516. The highest BCUT2D eigenvalue weighted by atomic mass is 16.7. The number of oxime groups is 1. The number of aromatic nitrogens is 1. The zero-order chi connectivity index (χ0) is 25.7. The molecule has 184 valence electrons. The van der Waals surface area contributed by atoms with Crippen molar-refractivity contribution in [1.82, 2.24) is 4.98 Å². The Balaban J connectivity index is 1.90. The van der Waals surface area contributed by atoms with Crippen LogP contribution < -0.4 is 18.9 Å². The van der Waals surface area contributed by atoms with Crippen LogP contribution in [0.3, 0.4) is 0 Å². The number of pyridine rings is 1. The van der Waals surface area contributed by atoms with E-state index in [1.54, 1.807) is 65.0 Å². The molecule has 0 radical (unpaired) electrons. The van der Waals surface area contributed by atoms with E-state index >= 15 is 0 Å². The molecule has 8 nitrogen and oxygen atoms in total. The van der Waals surface area contributed by atoms with Crippen LogP contribution in [0.4, 0.5) is 0 Å². The maximum absolute atomic E-state index is 12.9. The summed E-state index contributed by atoms with van der Waals surface area (Å²) in [5, 5.41) is 5.87. The minimum atomic E-state index is -0.578. The first-order chi connectivity index (χ1) is 17.5. The van der Waals surface area contributed by atoms with Crippen molar-refractivity contribution in [3.05, 3.63) is 89.2 Å². The van der Waals surface area contributed by atoms with Crippen molar-refractivity contribution in [2.45, 2.75) is 6.92 Å². The van der Waals surface area contributed by atoms with Gasteiger partial charge in [0.2, 0.25) is 0 Å². The Morgan fingerprint density at radius 1 is 0.778 bits per heavy atom. The fourth-order valence-electron chi connectivity index (χ4n) is 3.84. The zero-order valence-electron chi connectivity index (χ0n) is 20.7. The monoisotopic (exact) mass is 486 g/mol. The van der Waals surface area contributed by atoms with Crippen LogP contribution in [-0.4, -0.2) is 45.1 Å². The summed E-state index contributed by atoms with van der Waals surface area (Å²) in [6.07, 6.45) is 1.66. The molecule has 0 N–H and O–H groups in total. The highest BCUT2D eigenvalue weighted by Crippen LogP contribution is 2.35. The highest BCUT2D eigenvalue weighted by molar-refractivity contribution is 6.18. The average molecular weight is 487 g/mol. The molecule has 0 unspecified atom stereocenters. The van der Waals surface area contributed by atoms with E-state index in [0.717, 1.165) is 16.3 Å². The van der Waals surface area contributed by atoms with Gasteiger partial charge in [0, 0.05) is 17.1 Å². The molecule has 0 fully saturated rings. The van der Waals surface area contributed by atoms with Crippen molar-refractivity contribution < 1.29 is 28.6 Å². The van der Waals surface area contributed by atoms with Crippen molar-refractivity contribution >= 4 is 22.5 Å². The lowest BCUT2D eigenvalue weighted by Gasteiger charge is -2.14. The molecule has 1 heterocycles. The standard InChI is InChI=1S/C28H26N2O6/c1-17-8-6-7-9-20(17)28(31)36-30-26(19-10-11-22(32-2)23(15-19)33-3)27-21-16-25(35-5)24(34-4)14-18(21)12-13-29-27/h6-16H,1-5H3/b30-26-. The smallest absolute Gasteiger partial charge is 0.366 e. The van der Waals surface area contributed by atoms with Crippen LogP contribution in [0.25, 0.3) is 10.8 Å². The molecule has 3 aromatic carbocycles. The number of rotatable bonds is 8. The normalized spacial score (nSPS) is 11.2. The molecule has 0 aliphatic heterocycles. The van der Waals surface area contributed by atoms with Gasteiger partial charge in [0.15, 0.2) is 23.0 Å². The first-order valence-corrected chi connectivity index (χ1v) is 11.1. The van der Waals surface area contributed by atoms with E-state index < -0.39 is 5.97 Å². The van der Waals surface area contributed by atoms with Crippen molar-refractivity contribution in [3.8, 4) is 23.0 Å². The Labute approximate surface area is 209 Å². The van der Waals surface area contributed by atoms with Crippen molar-refractivity contribution in [3.63, 3.8) is 0 Å². The number of benzene rings is 3. The van der Waals surface area contributed by atoms with Gasteiger partial charge in [-0.15, -0.1) is 0 Å². The van der Waals surface area contributed by atoms with Gasteiger partial charge in [-0.2, -0.15) is 0 Å². The molecular formula is C28H26N2O6. The summed E-state index contributed by atoms with van der Waals surface area (Å²) >= 11 is 0. The summed E-state index contributed by atoms with van der Waals surface area (Å²) < 4.78 is 21.8. The number of methoxy groups -OCH3 is 4. The minimum Gasteiger partial charge on any atom is -0.493 e. The van der Waals surface area contributed by atoms with Crippen LogP contribution >= 0.6 is 0 Å². The van der Waals surface area contributed by atoms with Gasteiger partial charge in [-0.25, -0.2) is 4.79 Å². The number of hydrogen-bond acceptors (Lipinski definition) is 8. The zero-order valence-corrected chi connectivity index (χ0v) is 20.7. The molecule has 0 saturated carbocycles. The molecule has 0 bridgehead atoms. The molecule has 0 spiro atoms. The number of carbonyl (C=O) groups excluding carboxylic acids is 1. The fourth-order valence-corrected chi connectivity index (χ4v) is 3.84. The van der Waals surface area contributed by atoms with E-state index in [9.17, 15) is 4.79 Å². The molecular weight excluding hydrogens is 460 g/mol. The first-order valence-electron chi connectivity index (χ1n) is 11.1. The Hall–Kier alpha value is -4.59. The summed E-state index contributed by atoms with van der Waals surface area (Å²) in [6.45, 7) is 1.83. The second kappa shape index (κ2) is 10.8. The summed E-state index contributed by atoms with van der Waals surface area (Å²) in [7, 11) is 6.24. The SMILES string of the molecule is COc1ccc(/C(=N/OC(=O)c2ccccc2C)c2nccc3cc(OC)c(OC)cc23)cc1OC. The van der Waals surface area contributed by atoms with Crippen LogP contribution in [0.5, 0.6) is 23.0 Å². The average Bonchev–Trinajstić information content (AvgIpc) is 2.92. The molecule has 4 rings (SSSR count). The molecule has 0 atom stereocenters. The van der Waals surface area contributed by atoms with E-state index in [2.05, 4.69) is 10.1 Å². The van der Waals surface area contributed by atoms with Crippen LogP contribution in [0, 0.1) is 6.92 Å². The van der Waals surface area contributed by atoms with Gasteiger partial charge in [-0.05, 0) is 60.3 Å². The van der Waals surface area contributed by atoms with E-state index in [4.69, 9.17) is 23.8 Å². The van der Waals surface area contributed by atoms with Crippen molar-refractivity contribution in [2.75, 3.05) is 28.4 Å². The maximum atomic E-state index is 12.9. The van der Waals surface area contributed by atoms with Gasteiger partial charge in [0.25, 0.3) is 0 Å². The highest BCUT2D eigenvalue weighted by Gasteiger charge is 2.19. The Morgan fingerprint density at radius 2 is 1.44 bits per heavy atom. The third-order valence-electron chi connectivity index (χ3n) is 5.73. The largest absolute Gasteiger partial charge is 0.493 e. The van der Waals surface area contributed by atoms with Crippen LogP contribution in [0.2, 0.25) is 0 Å². The Morgan fingerprint density at radius 3 is 2.14 bits per heavy atom. The second-order valence-corrected chi connectivity index (χ2v) is 7.79. The van der Waals surface area contributed by atoms with Gasteiger partial charge >= 0.3 is 5.97 Å². The molecule has 36 heavy (non-hydrogen) atoms. The van der Waals surface area contributed by atoms with Gasteiger partial charge in [0.1, 0.15) is 11.4 Å². The maximum Gasteiger partial charge on any atom is 0.366 e. The number of nitrogens with zero attached hydrogens (tertiary/aromatic N) is 2. The molecule has 0 aliphatic rings. The fraction of sp³-hybridized carbons (Fsp3) is 0.179. The lowest BCUT2D eigenvalue weighted by atomic mass is 10.0. The van der Waals surface area contributed by atoms with Crippen LogP contribution in [-0.2, 0) is 4.84 Å². The Kier molecular flexibility index (Phi) is 7.34. The van der Waals surface area contributed by atoms with Gasteiger partial charge in [-0.1, -0.05) is 23.4 Å². The van der Waals surface area contributed by atoms with Crippen LogP contribution in [0.15, 0.2) is 72.0 Å². The van der Waals surface area contributed by atoms with Crippen LogP contribution in [0.1, 0.15) is 27.2 Å². The summed E-state index contributed by atoms with van der Waals surface area (Å²) in [6, 6.07) is 18.0. The summed E-state index contributed by atoms with van der Waals surface area (Å²) in [5.41, 5.74) is 2.63. The predicted molar refractivity (Wildman–Crippen MR) is 137 cm³/mol. The van der Waals surface area contributed by atoms with Gasteiger partial charge in [0.05, 0.1) is 34.0 Å². The van der Waals surface area contributed by atoms with E-state index in [-0.39, 0.29) is 0 Å². The molecule has 0 aliphatic carbocycles. The third-order valence-corrected chi connectivity index (χ3v) is 5.73. The second-order valence-electron chi connectivity index (χ2n) is 7.79. The predicted octanol–water partition coefficient (Wildman–Crippen LogP) is 5.19. The quantitative estimate of drug-likeness (QED) is 0.192. The first kappa shape index (κ1) is 24.5. The number of aryl methyl sites for hydroxylation is 1. The van der Waals surface area contributed by atoms with Gasteiger partial charge in [-0.3, -0.25) is 4.98 Å². The summed E-state index contributed by atoms with van der Waals surface area (Å²) in [5.74, 6) is 1.58. The van der Waals surface area contributed by atoms with Crippen molar-refractivity contribution in [2.24, 2.45) is 5.16 Å². The van der Waals surface area contributed by atoms with E-state index in [0.29, 0.717) is 45.5 Å². The topological polar surface area (TPSA) is 88.5 Å². The molecule has 1 aromatic heterocycles. The number of ether oxygens (including phenoxy) is 4. The molecule has 0 amide bonds. The lowest BCUT2D eigenvalue weighted by Crippen LogP contribution is -2.11. The van der Waals surface area contributed by atoms with E-state index in [1.807, 2.05) is 37.3 Å². The molecule has 8 heteroatoms. The molecule has 4 aromatic rings. The minimum absolute atomic E-state index is 0.329. The van der Waals surface area contributed by atoms with Gasteiger partial charge < -0.3 is 23.8 Å². The number of hydrogen-bond donors (Lipinski definition) is 0. The van der Waals surface area contributed by atoms with E-state index in [1.165, 1.54) is 0 Å². The van der Waals surface area contributed by atoms with Crippen molar-refractivity contribution in [1.29, 1.82) is 0 Å². The number of carbonyl (C=O) groups is 1. The number of fused-ring (bicyclic) bond motifs is 1. The Bertz CT molecular complexity index is 1450. The molecule has 0 saturated heterocycles. The summed E-state index contributed by atoms with van der Waals surface area (Å²) in [4.78, 5) is 22.9. The third kappa shape index (κ3) is 4.79.